The standard InChI is InChI=1S/C24H31N3O4/c1-16-5-7-20(17(2)13-16)26-24(29)18-9-11-27(12-10-18)15-23(28)25-21-8-6-19(30-3)14-22(21)31-4/h5-8,13-14,18H,9-12,15H2,1-4H3,(H,25,28)(H,26,29). The molecule has 1 fully saturated rings. The summed E-state index contributed by atoms with van der Waals surface area (Å²) < 4.78 is 10.5. The monoisotopic (exact) mass is 425 g/mol. The minimum Gasteiger partial charge on any atom is -0.497 e. The van der Waals surface area contributed by atoms with Crippen LogP contribution in [0, 0.1) is 19.8 Å². The highest BCUT2D eigenvalue weighted by Crippen LogP contribution is 2.29. The summed E-state index contributed by atoms with van der Waals surface area (Å²) in [5.74, 6) is 1.12. The molecule has 1 aliphatic heterocycles. The van der Waals surface area contributed by atoms with Crippen LogP contribution in [-0.4, -0.2) is 50.6 Å². The van der Waals surface area contributed by atoms with Crippen LogP contribution in [0.15, 0.2) is 36.4 Å². The van der Waals surface area contributed by atoms with Gasteiger partial charge in [-0.25, -0.2) is 0 Å². The molecule has 0 aliphatic carbocycles. The van der Waals surface area contributed by atoms with Crippen LogP contribution in [0.25, 0.3) is 0 Å². The highest BCUT2D eigenvalue weighted by Gasteiger charge is 2.26. The SMILES string of the molecule is COc1ccc(NC(=O)CN2CCC(C(=O)Nc3ccc(C)cc3C)CC2)c(OC)c1. The van der Waals surface area contributed by atoms with Gasteiger partial charge in [-0.2, -0.15) is 0 Å². The first kappa shape index (κ1) is 22.6. The summed E-state index contributed by atoms with van der Waals surface area (Å²) >= 11 is 0. The lowest BCUT2D eigenvalue weighted by molar-refractivity contribution is -0.121. The molecule has 1 saturated heterocycles. The highest BCUT2D eigenvalue weighted by atomic mass is 16.5. The van der Waals surface area contributed by atoms with Crippen LogP contribution in [-0.2, 0) is 9.59 Å². The van der Waals surface area contributed by atoms with E-state index in [2.05, 4.69) is 21.6 Å². The zero-order valence-electron chi connectivity index (χ0n) is 18.7. The molecule has 2 N–H and O–H groups in total. The molecule has 2 aromatic carbocycles. The maximum atomic E-state index is 12.7. The number of anilines is 2. The van der Waals surface area contributed by atoms with Crippen LogP contribution in [0.2, 0.25) is 0 Å². The minimum absolute atomic E-state index is 0.0401. The second-order valence-electron chi connectivity index (χ2n) is 7.97. The van der Waals surface area contributed by atoms with Gasteiger partial charge in [0.2, 0.25) is 11.8 Å². The third-order valence-electron chi connectivity index (χ3n) is 5.65. The number of aryl methyl sites for hydroxylation is 2. The molecule has 0 radical (unpaired) electrons. The lowest BCUT2D eigenvalue weighted by atomic mass is 9.95. The zero-order valence-corrected chi connectivity index (χ0v) is 18.7. The Bertz CT molecular complexity index is 936. The second-order valence-corrected chi connectivity index (χ2v) is 7.97. The Kier molecular flexibility index (Phi) is 7.52. The van der Waals surface area contributed by atoms with Crippen molar-refractivity contribution in [3.8, 4) is 11.5 Å². The van der Waals surface area contributed by atoms with Gasteiger partial charge in [0.1, 0.15) is 11.5 Å². The van der Waals surface area contributed by atoms with Gasteiger partial charge in [0.15, 0.2) is 0 Å². The van der Waals surface area contributed by atoms with Gasteiger partial charge in [-0.1, -0.05) is 17.7 Å². The first-order chi connectivity index (χ1) is 14.9. The van der Waals surface area contributed by atoms with Gasteiger partial charge >= 0.3 is 0 Å². The summed E-state index contributed by atoms with van der Waals surface area (Å²) in [5.41, 5.74) is 3.72. The van der Waals surface area contributed by atoms with E-state index in [4.69, 9.17) is 9.47 Å². The summed E-state index contributed by atoms with van der Waals surface area (Å²) in [6, 6.07) is 11.3. The lowest BCUT2D eigenvalue weighted by Gasteiger charge is -2.30. The van der Waals surface area contributed by atoms with E-state index in [1.165, 1.54) is 5.56 Å². The van der Waals surface area contributed by atoms with Gasteiger partial charge in [-0.3, -0.25) is 14.5 Å². The van der Waals surface area contributed by atoms with Crippen molar-refractivity contribution in [3.63, 3.8) is 0 Å². The van der Waals surface area contributed by atoms with Gasteiger partial charge in [0, 0.05) is 17.7 Å². The number of hydrogen-bond donors (Lipinski definition) is 2. The van der Waals surface area contributed by atoms with Gasteiger partial charge in [-0.15, -0.1) is 0 Å². The summed E-state index contributed by atoms with van der Waals surface area (Å²) in [7, 11) is 3.14. The van der Waals surface area contributed by atoms with E-state index in [0.717, 1.165) is 24.1 Å². The molecule has 1 aliphatic rings. The van der Waals surface area contributed by atoms with Crippen molar-refractivity contribution < 1.29 is 19.1 Å². The van der Waals surface area contributed by atoms with E-state index >= 15 is 0 Å². The molecule has 0 bridgehead atoms. The van der Waals surface area contributed by atoms with Crippen LogP contribution in [0.1, 0.15) is 24.0 Å². The fourth-order valence-electron chi connectivity index (χ4n) is 3.84. The average Bonchev–Trinajstić information content (AvgIpc) is 2.76. The van der Waals surface area contributed by atoms with Crippen molar-refractivity contribution in [2.24, 2.45) is 5.92 Å². The molecule has 2 aromatic rings. The number of carbonyl (C=O) groups excluding carboxylic acids is 2. The van der Waals surface area contributed by atoms with Crippen LogP contribution < -0.4 is 20.1 Å². The maximum absolute atomic E-state index is 12.7. The highest BCUT2D eigenvalue weighted by molar-refractivity contribution is 5.94. The number of ether oxygens (including phenoxy) is 2. The number of carbonyl (C=O) groups is 2. The Morgan fingerprint density at radius 2 is 1.68 bits per heavy atom. The molecular weight excluding hydrogens is 394 g/mol. The van der Waals surface area contributed by atoms with Crippen LogP contribution in [0.5, 0.6) is 11.5 Å². The molecule has 0 unspecified atom stereocenters. The molecule has 1 heterocycles. The summed E-state index contributed by atoms with van der Waals surface area (Å²) in [5, 5.41) is 5.95. The number of nitrogens with zero attached hydrogens (tertiary/aromatic N) is 1. The smallest absolute Gasteiger partial charge is 0.238 e. The molecule has 31 heavy (non-hydrogen) atoms. The third kappa shape index (κ3) is 5.98. The average molecular weight is 426 g/mol. The Morgan fingerprint density at radius 1 is 0.968 bits per heavy atom. The lowest BCUT2D eigenvalue weighted by Crippen LogP contribution is -2.41. The summed E-state index contributed by atoms with van der Waals surface area (Å²) in [4.78, 5) is 27.2. The number of likely N-dealkylation sites (tertiary alicyclic amines) is 1. The van der Waals surface area contributed by atoms with Crippen molar-refractivity contribution >= 4 is 23.2 Å². The topological polar surface area (TPSA) is 79.9 Å². The quantitative estimate of drug-likeness (QED) is 0.708. The minimum atomic E-state index is -0.110. The number of amides is 2. The van der Waals surface area contributed by atoms with Crippen LogP contribution in [0.4, 0.5) is 11.4 Å². The molecule has 0 saturated carbocycles. The Morgan fingerprint density at radius 3 is 2.32 bits per heavy atom. The third-order valence-corrected chi connectivity index (χ3v) is 5.65. The van der Waals surface area contributed by atoms with E-state index in [9.17, 15) is 9.59 Å². The molecule has 0 atom stereocenters. The van der Waals surface area contributed by atoms with Gasteiger partial charge in [0.05, 0.1) is 26.5 Å². The number of rotatable bonds is 7. The molecule has 166 valence electrons. The fourth-order valence-corrected chi connectivity index (χ4v) is 3.84. The van der Waals surface area contributed by atoms with Crippen LogP contribution >= 0.6 is 0 Å². The molecule has 7 nitrogen and oxygen atoms in total. The maximum Gasteiger partial charge on any atom is 0.238 e. The Labute approximate surface area is 183 Å². The predicted octanol–water partition coefficient (Wildman–Crippen LogP) is 3.61. The predicted molar refractivity (Wildman–Crippen MR) is 122 cm³/mol. The van der Waals surface area contributed by atoms with E-state index in [0.29, 0.717) is 30.3 Å². The van der Waals surface area contributed by atoms with Crippen molar-refractivity contribution in [1.82, 2.24) is 4.90 Å². The van der Waals surface area contributed by atoms with Crippen molar-refractivity contribution in [3.05, 3.63) is 47.5 Å². The number of hydrogen-bond acceptors (Lipinski definition) is 5. The molecule has 2 amide bonds. The van der Waals surface area contributed by atoms with E-state index in [1.807, 2.05) is 26.0 Å². The van der Waals surface area contributed by atoms with Gasteiger partial charge in [0.25, 0.3) is 0 Å². The molecule has 0 spiro atoms. The van der Waals surface area contributed by atoms with E-state index in [-0.39, 0.29) is 24.3 Å². The zero-order chi connectivity index (χ0) is 22.4. The van der Waals surface area contributed by atoms with E-state index in [1.54, 1.807) is 32.4 Å². The molecule has 7 heteroatoms. The first-order valence-electron chi connectivity index (χ1n) is 10.5. The second kappa shape index (κ2) is 10.3. The van der Waals surface area contributed by atoms with Crippen molar-refractivity contribution in [2.75, 3.05) is 44.5 Å². The largest absolute Gasteiger partial charge is 0.497 e. The number of piperidine rings is 1. The van der Waals surface area contributed by atoms with Crippen LogP contribution in [0.3, 0.4) is 0 Å². The number of benzene rings is 2. The van der Waals surface area contributed by atoms with Crippen molar-refractivity contribution in [2.45, 2.75) is 26.7 Å². The molecular formula is C24H31N3O4. The number of nitrogens with one attached hydrogen (secondary N) is 2. The van der Waals surface area contributed by atoms with Crippen molar-refractivity contribution in [1.29, 1.82) is 0 Å². The van der Waals surface area contributed by atoms with Gasteiger partial charge in [-0.05, 0) is 63.5 Å². The Balaban J connectivity index is 1.48. The molecule has 0 aromatic heterocycles. The fraction of sp³-hybridized carbons (Fsp3) is 0.417. The molecule has 3 rings (SSSR count). The number of methoxy groups -OCH3 is 2. The normalized spacial score (nSPS) is 14.7. The summed E-state index contributed by atoms with van der Waals surface area (Å²) in [6.07, 6.45) is 1.46. The first-order valence-corrected chi connectivity index (χ1v) is 10.5. The summed E-state index contributed by atoms with van der Waals surface area (Å²) in [6.45, 7) is 5.73. The van der Waals surface area contributed by atoms with Gasteiger partial charge < -0.3 is 20.1 Å². The Hall–Kier alpha value is -3.06. The van der Waals surface area contributed by atoms with E-state index < -0.39 is 0 Å².